The third-order valence-corrected chi connectivity index (χ3v) is 3.67. The van der Waals surface area contributed by atoms with Gasteiger partial charge < -0.3 is 15.4 Å². The molecule has 104 valence electrons. The van der Waals surface area contributed by atoms with Crippen molar-refractivity contribution in [3.8, 4) is 0 Å². The Morgan fingerprint density at radius 1 is 1.37 bits per heavy atom. The molecular formula is C15H22N2O2. The van der Waals surface area contributed by atoms with Crippen LogP contribution in [0.3, 0.4) is 0 Å². The summed E-state index contributed by atoms with van der Waals surface area (Å²) < 4.78 is 5.45. The van der Waals surface area contributed by atoms with E-state index in [1.54, 1.807) is 0 Å². The number of morpholine rings is 1. The highest BCUT2D eigenvalue weighted by molar-refractivity contribution is 5.81. The first kappa shape index (κ1) is 14.0. The Balaban J connectivity index is 1.89. The summed E-state index contributed by atoms with van der Waals surface area (Å²) in [4.78, 5) is 12.1. The first-order valence-corrected chi connectivity index (χ1v) is 6.86. The highest BCUT2D eigenvalue weighted by Crippen LogP contribution is 2.18. The molecule has 3 atom stereocenters. The summed E-state index contributed by atoms with van der Waals surface area (Å²) in [7, 11) is 0. The average molecular weight is 262 g/mol. The summed E-state index contributed by atoms with van der Waals surface area (Å²) in [6.07, 6.45) is -0.362. The van der Waals surface area contributed by atoms with E-state index in [-0.39, 0.29) is 24.0 Å². The molecule has 19 heavy (non-hydrogen) atoms. The van der Waals surface area contributed by atoms with Gasteiger partial charge >= 0.3 is 0 Å². The van der Waals surface area contributed by atoms with Crippen LogP contribution in [-0.4, -0.2) is 37.7 Å². The highest BCUT2D eigenvalue weighted by atomic mass is 16.5. The van der Waals surface area contributed by atoms with E-state index < -0.39 is 0 Å². The quantitative estimate of drug-likeness (QED) is 0.859. The lowest BCUT2D eigenvalue weighted by Crippen LogP contribution is -2.50. The molecule has 1 aliphatic heterocycles. The van der Waals surface area contributed by atoms with Gasteiger partial charge in [-0.15, -0.1) is 0 Å². The summed E-state index contributed by atoms with van der Waals surface area (Å²) in [5.74, 6) is 0.254. The van der Waals surface area contributed by atoms with Crippen molar-refractivity contribution in [3.05, 3.63) is 35.9 Å². The molecule has 1 heterocycles. The van der Waals surface area contributed by atoms with Crippen LogP contribution in [0.15, 0.2) is 30.3 Å². The van der Waals surface area contributed by atoms with E-state index in [4.69, 9.17) is 4.74 Å². The van der Waals surface area contributed by atoms with Crippen molar-refractivity contribution in [2.24, 2.45) is 0 Å². The van der Waals surface area contributed by atoms with E-state index in [0.717, 1.165) is 6.54 Å². The van der Waals surface area contributed by atoms with Crippen LogP contribution in [0.4, 0.5) is 0 Å². The number of ether oxygens (including phenoxy) is 1. The number of benzene rings is 1. The van der Waals surface area contributed by atoms with Crippen molar-refractivity contribution in [3.63, 3.8) is 0 Å². The van der Waals surface area contributed by atoms with Crippen LogP contribution in [0, 0.1) is 0 Å². The Morgan fingerprint density at radius 2 is 2.11 bits per heavy atom. The summed E-state index contributed by atoms with van der Waals surface area (Å²) in [6.45, 7) is 6.17. The SMILES string of the molecule is CC(NC(=O)C1CNCCO1)C(C)c1ccccc1. The third kappa shape index (κ3) is 3.78. The third-order valence-electron chi connectivity index (χ3n) is 3.67. The molecule has 0 aromatic heterocycles. The molecule has 0 radical (unpaired) electrons. The molecule has 4 nitrogen and oxygen atoms in total. The van der Waals surface area contributed by atoms with Gasteiger partial charge in [0.1, 0.15) is 6.10 Å². The smallest absolute Gasteiger partial charge is 0.250 e. The Hall–Kier alpha value is -1.39. The van der Waals surface area contributed by atoms with Gasteiger partial charge in [-0.1, -0.05) is 37.3 Å². The van der Waals surface area contributed by atoms with Crippen LogP contribution in [0.1, 0.15) is 25.3 Å². The number of carbonyl (C=O) groups excluding carboxylic acids is 1. The van der Waals surface area contributed by atoms with Gasteiger partial charge in [0.25, 0.3) is 5.91 Å². The number of amides is 1. The molecule has 0 spiro atoms. The minimum absolute atomic E-state index is 0.0255. The summed E-state index contributed by atoms with van der Waals surface area (Å²) in [5, 5.41) is 6.21. The zero-order valence-corrected chi connectivity index (χ0v) is 11.6. The lowest BCUT2D eigenvalue weighted by molar-refractivity contribution is -0.135. The van der Waals surface area contributed by atoms with Crippen LogP contribution in [0.2, 0.25) is 0 Å². The van der Waals surface area contributed by atoms with E-state index in [1.807, 2.05) is 25.1 Å². The Morgan fingerprint density at radius 3 is 2.74 bits per heavy atom. The first-order chi connectivity index (χ1) is 9.18. The topological polar surface area (TPSA) is 50.4 Å². The van der Waals surface area contributed by atoms with Crippen LogP contribution in [0.5, 0.6) is 0 Å². The van der Waals surface area contributed by atoms with Crippen LogP contribution < -0.4 is 10.6 Å². The molecule has 1 saturated heterocycles. The van der Waals surface area contributed by atoms with Gasteiger partial charge in [0.2, 0.25) is 0 Å². The van der Waals surface area contributed by atoms with Crippen molar-refractivity contribution in [1.82, 2.24) is 10.6 Å². The van der Waals surface area contributed by atoms with Crippen molar-refractivity contribution >= 4 is 5.91 Å². The van der Waals surface area contributed by atoms with Crippen molar-refractivity contribution in [2.45, 2.75) is 31.9 Å². The van der Waals surface area contributed by atoms with Gasteiger partial charge in [-0.05, 0) is 12.5 Å². The summed E-state index contributed by atoms with van der Waals surface area (Å²) in [6, 6.07) is 10.3. The standard InChI is InChI=1S/C15H22N2O2/c1-11(13-6-4-3-5-7-13)12(2)17-15(18)14-10-16-8-9-19-14/h3-7,11-12,14,16H,8-10H2,1-2H3,(H,17,18). The monoisotopic (exact) mass is 262 g/mol. The van der Waals surface area contributed by atoms with E-state index in [1.165, 1.54) is 5.56 Å². The molecular weight excluding hydrogens is 240 g/mol. The van der Waals surface area contributed by atoms with Gasteiger partial charge in [-0.25, -0.2) is 0 Å². The Kier molecular flexibility index (Phi) is 4.93. The van der Waals surface area contributed by atoms with E-state index in [2.05, 4.69) is 29.7 Å². The first-order valence-electron chi connectivity index (χ1n) is 6.86. The molecule has 3 unspecified atom stereocenters. The maximum absolute atomic E-state index is 12.1. The lowest BCUT2D eigenvalue weighted by Gasteiger charge is -2.27. The van der Waals surface area contributed by atoms with Gasteiger partial charge in [0.15, 0.2) is 0 Å². The average Bonchev–Trinajstić information content (AvgIpc) is 2.48. The fourth-order valence-corrected chi connectivity index (χ4v) is 2.22. The number of hydrogen-bond acceptors (Lipinski definition) is 3. The number of hydrogen-bond donors (Lipinski definition) is 2. The van der Waals surface area contributed by atoms with E-state index in [9.17, 15) is 4.79 Å². The second-order valence-corrected chi connectivity index (χ2v) is 5.06. The molecule has 0 bridgehead atoms. The molecule has 2 N–H and O–H groups in total. The Labute approximate surface area is 114 Å². The van der Waals surface area contributed by atoms with Gasteiger partial charge in [0.05, 0.1) is 6.61 Å². The molecule has 1 fully saturated rings. The molecule has 0 aliphatic carbocycles. The zero-order valence-electron chi connectivity index (χ0n) is 11.6. The molecule has 1 amide bonds. The fourth-order valence-electron chi connectivity index (χ4n) is 2.22. The molecule has 2 rings (SSSR count). The minimum Gasteiger partial charge on any atom is -0.366 e. The normalized spacial score (nSPS) is 22.5. The predicted octanol–water partition coefficient (Wildman–Crippen LogP) is 1.28. The Bertz CT molecular complexity index is 402. The second-order valence-electron chi connectivity index (χ2n) is 5.06. The number of rotatable bonds is 4. The van der Waals surface area contributed by atoms with Gasteiger partial charge in [0, 0.05) is 25.0 Å². The van der Waals surface area contributed by atoms with Crippen LogP contribution in [0.25, 0.3) is 0 Å². The van der Waals surface area contributed by atoms with Crippen molar-refractivity contribution < 1.29 is 9.53 Å². The van der Waals surface area contributed by atoms with Crippen molar-refractivity contribution in [1.29, 1.82) is 0 Å². The molecule has 1 aromatic rings. The molecule has 1 aromatic carbocycles. The zero-order chi connectivity index (χ0) is 13.7. The number of carbonyl (C=O) groups is 1. The maximum atomic E-state index is 12.1. The van der Waals surface area contributed by atoms with Crippen molar-refractivity contribution in [2.75, 3.05) is 19.7 Å². The lowest BCUT2D eigenvalue weighted by atomic mass is 9.94. The van der Waals surface area contributed by atoms with Crippen LogP contribution in [-0.2, 0) is 9.53 Å². The highest BCUT2D eigenvalue weighted by Gasteiger charge is 2.24. The molecule has 0 saturated carbocycles. The predicted molar refractivity (Wildman–Crippen MR) is 75.1 cm³/mol. The van der Waals surface area contributed by atoms with E-state index >= 15 is 0 Å². The second kappa shape index (κ2) is 6.68. The number of nitrogens with one attached hydrogen (secondary N) is 2. The largest absolute Gasteiger partial charge is 0.366 e. The van der Waals surface area contributed by atoms with Gasteiger partial charge in [-0.3, -0.25) is 4.79 Å². The van der Waals surface area contributed by atoms with Gasteiger partial charge in [-0.2, -0.15) is 0 Å². The molecule has 4 heteroatoms. The summed E-state index contributed by atoms with van der Waals surface area (Å²) >= 11 is 0. The fraction of sp³-hybridized carbons (Fsp3) is 0.533. The van der Waals surface area contributed by atoms with E-state index in [0.29, 0.717) is 13.2 Å². The van der Waals surface area contributed by atoms with Crippen LogP contribution >= 0.6 is 0 Å². The maximum Gasteiger partial charge on any atom is 0.250 e. The minimum atomic E-state index is -0.362. The molecule has 1 aliphatic rings. The summed E-state index contributed by atoms with van der Waals surface area (Å²) in [5.41, 5.74) is 1.23.